The minimum atomic E-state index is -1.11. The van der Waals surface area contributed by atoms with Crippen molar-refractivity contribution in [3.05, 3.63) is 17.7 Å². The van der Waals surface area contributed by atoms with Crippen molar-refractivity contribution < 1.29 is 19.4 Å². The lowest BCUT2D eigenvalue weighted by Crippen LogP contribution is -2.22. The van der Waals surface area contributed by atoms with Crippen LogP contribution in [0, 0.1) is 0 Å². The third-order valence-corrected chi connectivity index (χ3v) is 1.96. The topological polar surface area (TPSA) is 120 Å². The maximum Gasteiger partial charge on any atom is 0.335 e. The summed E-state index contributed by atoms with van der Waals surface area (Å²) in [5.74, 6) is -0.802. The predicted molar refractivity (Wildman–Crippen MR) is 62.0 cm³/mol. The number of ether oxygens (including phenoxy) is 2. The molecule has 92 valence electrons. The highest BCUT2D eigenvalue weighted by Gasteiger charge is 2.15. The number of nitrogens with zero attached hydrogens (tertiary/aromatic N) is 1. The van der Waals surface area contributed by atoms with Gasteiger partial charge in [-0.3, -0.25) is 0 Å². The van der Waals surface area contributed by atoms with Gasteiger partial charge in [0, 0.05) is 0 Å². The van der Waals surface area contributed by atoms with Crippen LogP contribution in [0.3, 0.4) is 0 Å². The first-order valence-corrected chi connectivity index (χ1v) is 4.58. The van der Waals surface area contributed by atoms with Crippen molar-refractivity contribution in [1.82, 2.24) is 0 Å². The molecule has 0 radical (unpaired) electrons. The molecule has 0 fully saturated rings. The molecular weight excluding hydrogens is 226 g/mol. The summed E-state index contributed by atoms with van der Waals surface area (Å²) in [6, 6.07) is 2.62. The van der Waals surface area contributed by atoms with E-state index < -0.39 is 5.97 Å². The summed E-state index contributed by atoms with van der Waals surface area (Å²) >= 11 is 0. The highest BCUT2D eigenvalue weighted by Crippen LogP contribution is 2.38. The van der Waals surface area contributed by atoms with Crippen molar-refractivity contribution in [2.24, 2.45) is 16.5 Å². The van der Waals surface area contributed by atoms with Crippen molar-refractivity contribution in [2.45, 2.75) is 0 Å². The molecular formula is C10H13N3O4. The first-order chi connectivity index (χ1) is 7.99. The molecule has 5 N–H and O–H groups in total. The standard InChI is InChI=1S/C10H13N3O4/c1-16-7-4-5(9(14)15)3-6(8(7)17-2)13-10(11)12/h3-4H,1-2H3,(H,14,15)(H4,11,12,13). The highest BCUT2D eigenvalue weighted by atomic mass is 16.5. The van der Waals surface area contributed by atoms with Gasteiger partial charge in [-0.15, -0.1) is 0 Å². The van der Waals surface area contributed by atoms with E-state index in [4.69, 9.17) is 26.0 Å². The van der Waals surface area contributed by atoms with Crippen LogP contribution in [0.25, 0.3) is 0 Å². The van der Waals surface area contributed by atoms with Crippen LogP contribution >= 0.6 is 0 Å². The van der Waals surface area contributed by atoms with Gasteiger partial charge in [0.1, 0.15) is 5.69 Å². The van der Waals surface area contributed by atoms with Crippen molar-refractivity contribution in [3.8, 4) is 11.5 Å². The average molecular weight is 239 g/mol. The molecule has 0 atom stereocenters. The predicted octanol–water partition coefficient (Wildman–Crippen LogP) is 0.307. The molecule has 0 heterocycles. The van der Waals surface area contributed by atoms with Gasteiger partial charge in [-0.1, -0.05) is 0 Å². The second-order valence-electron chi connectivity index (χ2n) is 3.07. The number of guanidine groups is 1. The summed E-state index contributed by atoms with van der Waals surface area (Å²) in [7, 11) is 2.80. The molecule has 1 rings (SSSR count). The third kappa shape index (κ3) is 2.77. The number of methoxy groups -OCH3 is 2. The Balaban J connectivity index is 3.47. The first-order valence-electron chi connectivity index (χ1n) is 4.58. The molecule has 1 aromatic rings. The van der Waals surface area contributed by atoms with E-state index in [1.165, 1.54) is 26.4 Å². The van der Waals surface area contributed by atoms with Gasteiger partial charge in [0.15, 0.2) is 17.5 Å². The summed E-state index contributed by atoms with van der Waals surface area (Å²) in [5, 5.41) is 8.92. The Morgan fingerprint density at radius 3 is 2.35 bits per heavy atom. The molecule has 0 aromatic heterocycles. The van der Waals surface area contributed by atoms with Gasteiger partial charge < -0.3 is 26.0 Å². The van der Waals surface area contributed by atoms with Gasteiger partial charge in [0.2, 0.25) is 0 Å². The molecule has 0 saturated heterocycles. The molecule has 0 aliphatic heterocycles. The zero-order valence-corrected chi connectivity index (χ0v) is 9.43. The van der Waals surface area contributed by atoms with Gasteiger partial charge in [0.25, 0.3) is 0 Å². The fourth-order valence-corrected chi connectivity index (χ4v) is 1.29. The minimum absolute atomic E-state index is 0.00245. The number of carboxylic acid groups (broad SMARTS) is 1. The number of carbonyl (C=O) groups is 1. The van der Waals surface area contributed by atoms with E-state index in [-0.39, 0.29) is 28.7 Å². The minimum Gasteiger partial charge on any atom is -0.493 e. The van der Waals surface area contributed by atoms with E-state index >= 15 is 0 Å². The lowest BCUT2D eigenvalue weighted by atomic mass is 10.1. The summed E-state index contributed by atoms with van der Waals surface area (Å²) in [4.78, 5) is 14.7. The summed E-state index contributed by atoms with van der Waals surface area (Å²) < 4.78 is 10.1. The fraction of sp³-hybridized carbons (Fsp3) is 0.200. The molecule has 0 amide bonds. The van der Waals surface area contributed by atoms with Gasteiger partial charge >= 0.3 is 5.97 Å². The van der Waals surface area contributed by atoms with Crippen molar-refractivity contribution in [3.63, 3.8) is 0 Å². The van der Waals surface area contributed by atoms with Gasteiger partial charge in [-0.05, 0) is 12.1 Å². The Morgan fingerprint density at radius 1 is 1.29 bits per heavy atom. The second kappa shape index (κ2) is 5.06. The number of nitrogens with two attached hydrogens (primary N) is 2. The number of aromatic carboxylic acids is 1. The smallest absolute Gasteiger partial charge is 0.335 e. The Labute approximate surface area is 97.6 Å². The molecule has 17 heavy (non-hydrogen) atoms. The zero-order chi connectivity index (χ0) is 13.0. The van der Waals surface area contributed by atoms with Gasteiger partial charge in [0.05, 0.1) is 19.8 Å². The van der Waals surface area contributed by atoms with Crippen LogP contribution in [0.4, 0.5) is 5.69 Å². The summed E-state index contributed by atoms with van der Waals surface area (Å²) in [6.45, 7) is 0. The number of hydrogen-bond donors (Lipinski definition) is 3. The van der Waals surface area contributed by atoms with Crippen LogP contribution in [-0.4, -0.2) is 31.3 Å². The number of carboxylic acids is 1. The number of aliphatic imine (C=N–C) groups is 1. The van der Waals surface area contributed by atoms with Crippen LogP contribution in [-0.2, 0) is 0 Å². The molecule has 7 heteroatoms. The molecule has 7 nitrogen and oxygen atoms in total. The molecule has 1 aromatic carbocycles. The average Bonchev–Trinajstić information content (AvgIpc) is 2.26. The number of benzene rings is 1. The third-order valence-electron chi connectivity index (χ3n) is 1.96. The normalized spacial score (nSPS) is 9.53. The summed E-state index contributed by atoms with van der Waals surface area (Å²) in [6.07, 6.45) is 0. The number of hydrogen-bond acceptors (Lipinski definition) is 4. The molecule has 0 spiro atoms. The first kappa shape index (κ1) is 12.6. The largest absolute Gasteiger partial charge is 0.493 e. The number of rotatable bonds is 4. The van der Waals surface area contributed by atoms with E-state index in [0.717, 1.165) is 0 Å². The molecule has 0 aliphatic carbocycles. The lowest BCUT2D eigenvalue weighted by Gasteiger charge is -2.11. The Bertz CT molecular complexity index is 467. The van der Waals surface area contributed by atoms with E-state index in [0.29, 0.717) is 0 Å². The molecule has 0 aliphatic rings. The highest BCUT2D eigenvalue weighted by molar-refractivity contribution is 5.91. The monoisotopic (exact) mass is 239 g/mol. The quantitative estimate of drug-likeness (QED) is 0.513. The van der Waals surface area contributed by atoms with Crippen LogP contribution in [0.2, 0.25) is 0 Å². The van der Waals surface area contributed by atoms with Crippen LogP contribution in [0.1, 0.15) is 10.4 Å². The van der Waals surface area contributed by atoms with Crippen molar-refractivity contribution >= 4 is 17.6 Å². The second-order valence-corrected chi connectivity index (χ2v) is 3.07. The van der Waals surface area contributed by atoms with Gasteiger partial charge in [-0.2, -0.15) is 0 Å². The van der Waals surface area contributed by atoms with Crippen molar-refractivity contribution in [1.29, 1.82) is 0 Å². The van der Waals surface area contributed by atoms with E-state index in [2.05, 4.69) is 4.99 Å². The maximum absolute atomic E-state index is 10.9. The van der Waals surface area contributed by atoms with Gasteiger partial charge in [-0.25, -0.2) is 9.79 Å². The maximum atomic E-state index is 10.9. The van der Waals surface area contributed by atoms with E-state index in [9.17, 15) is 4.79 Å². The lowest BCUT2D eigenvalue weighted by molar-refractivity contribution is 0.0696. The van der Waals surface area contributed by atoms with Crippen LogP contribution < -0.4 is 20.9 Å². The Morgan fingerprint density at radius 2 is 1.94 bits per heavy atom. The van der Waals surface area contributed by atoms with Crippen LogP contribution in [0.15, 0.2) is 17.1 Å². The van der Waals surface area contributed by atoms with E-state index in [1.807, 2.05) is 0 Å². The Kier molecular flexibility index (Phi) is 3.76. The molecule has 0 unspecified atom stereocenters. The van der Waals surface area contributed by atoms with Crippen molar-refractivity contribution in [2.75, 3.05) is 14.2 Å². The molecule has 0 bridgehead atoms. The zero-order valence-electron chi connectivity index (χ0n) is 9.43. The van der Waals surface area contributed by atoms with E-state index in [1.54, 1.807) is 0 Å². The Hall–Kier alpha value is -2.44. The molecule has 0 saturated carbocycles. The SMILES string of the molecule is COc1cc(C(=O)O)cc(N=C(N)N)c1OC. The fourth-order valence-electron chi connectivity index (χ4n) is 1.29. The summed E-state index contributed by atoms with van der Waals surface area (Å²) in [5.41, 5.74) is 10.7. The van der Waals surface area contributed by atoms with Crippen LogP contribution in [0.5, 0.6) is 11.5 Å².